The number of halogens is 2. The number of benzene rings is 2. The Morgan fingerprint density at radius 1 is 1.21 bits per heavy atom. The van der Waals surface area contributed by atoms with Gasteiger partial charge in [-0.05, 0) is 50.0 Å². The van der Waals surface area contributed by atoms with Crippen molar-refractivity contribution in [3.63, 3.8) is 0 Å². The Balaban J connectivity index is 1.78. The van der Waals surface area contributed by atoms with Crippen LogP contribution in [-0.4, -0.2) is 16.1 Å². The lowest BCUT2D eigenvalue weighted by Crippen LogP contribution is -2.16. The van der Waals surface area contributed by atoms with Crippen molar-refractivity contribution < 1.29 is 9.02 Å². The fourth-order valence-corrected chi connectivity index (χ4v) is 2.37. The standard InChI is InChI=1S/C16H13BrFN5O/c17-12-8-11(6-7-13(12)18)21-15(19)14-16(23-24-22-14)20-9-10-4-2-1-3-5-10/h1-8H,9H2,(H2,19,21)(H,20,23). The molecular formula is C16H13BrFN5O. The highest BCUT2D eigenvalue weighted by atomic mass is 79.9. The number of amidine groups is 1. The molecule has 0 unspecified atom stereocenters. The molecule has 0 bridgehead atoms. The van der Waals surface area contributed by atoms with E-state index in [9.17, 15) is 4.39 Å². The van der Waals surface area contributed by atoms with Crippen molar-refractivity contribution in [2.45, 2.75) is 6.54 Å². The fraction of sp³-hybridized carbons (Fsp3) is 0.0625. The largest absolute Gasteiger partial charge is 0.382 e. The Morgan fingerprint density at radius 3 is 2.75 bits per heavy atom. The molecule has 3 N–H and O–H groups in total. The van der Waals surface area contributed by atoms with E-state index in [1.54, 1.807) is 0 Å². The summed E-state index contributed by atoms with van der Waals surface area (Å²) in [6.07, 6.45) is 0. The van der Waals surface area contributed by atoms with Crippen LogP contribution in [-0.2, 0) is 6.54 Å². The number of anilines is 1. The minimum Gasteiger partial charge on any atom is -0.382 e. The summed E-state index contributed by atoms with van der Waals surface area (Å²) in [5.74, 6) is 0.132. The summed E-state index contributed by atoms with van der Waals surface area (Å²) in [7, 11) is 0. The quantitative estimate of drug-likeness (QED) is 0.513. The molecule has 0 aliphatic rings. The second-order valence-electron chi connectivity index (χ2n) is 4.90. The number of hydrogen-bond donors (Lipinski definition) is 2. The second-order valence-corrected chi connectivity index (χ2v) is 5.75. The van der Waals surface area contributed by atoms with Gasteiger partial charge in [-0.25, -0.2) is 14.0 Å². The summed E-state index contributed by atoms with van der Waals surface area (Å²) in [5, 5.41) is 10.7. The van der Waals surface area contributed by atoms with E-state index >= 15 is 0 Å². The fourth-order valence-electron chi connectivity index (χ4n) is 2.00. The van der Waals surface area contributed by atoms with Crippen molar-refractivity contribution in [1.82, 2.24) is 10.3 Å². The molecule has 1 aromatic heterocycles. The molecular weight excluding hydrogens is 377 g/mol. The number of rotatable bonds is 5. The van der Waals surface area contributed by atoms with Crippen molar-refractivity contribution in [3.05, 3.63) is 70.1 Å². The predicted octanol–water partition coefficient (Wildman–Crippen LogP) is 3.62. The first-order valence-corrected chi connectivity index (χ1v) is 7.83. The van der Waals surface area contributed by atoms with E-state index in [1.807, 2.05) is 30.3 Å². The van der Waals surface area contributed by atoms with Crippen LogP contribution in [0.5, 0.6) is 0 Å². The van der Waals surface area contributed by atoms with Gasteiger partial charge in [-0.15, -0.1) is 0 Å². The van der Waals surface area contributed by atoms with E-state index in [0.717, 1.165) is 5.56 Å². The summed E-state index contributed by atoms with van der Waals surface area (Å²) in [6, 6.07) is 14.1. The molecule has 0 saturated heterocycles. The van der Waals surface area contributed by atoms with Gasteiger partial charge in [0.1, 0.15) is 5.82 Å². The Hall–Kier alpha value is -2.74. The van der Waals surface area contributed by atoms with E-state index in [1.165, 1.54) is 18.2 Å². The van der Waals surface area contributed by atoms with Crippen LogP contribution in [0, 0.1) is 5.82 Å². The van der Waals surface area contributed by atoms with Crippen molar-refractivity contribution in [3.8, 4) is 0 Å². The molecule has 0 atom stereocenters. The number of aliphatic imine (C=N–C) groups is 1. The van der Waals surface area contributed by atoms with Crippen LogP contribution in [0.4, 0.5) is 15.9 Å². The molecule has 122 valence electrons. The van der Waals surface area contributed by atoms with Gasteiger partial charge in [-0.1, -0.05) is 30.3 Å². The lowest BCUT2D eigenvalue weighted by molar-refractivity contribution is 0.307. The molecule has 3 rings (SSSR count). The van der Waals surface area contributed by atoms with Gasteiger partial charge in [0.05, 0.1) is 10.2 Å². The van der Waals surface area contributed by atoms with Crippen LogP contribution in [0.15, 0.2) is 62.6 Å². The minimum absolute atomic E-state index is 0.116. The van der Waals surface area contributed by atoms with Gasteiger partial charge in [0.2, 0.25) is 5.82 Å². The van der Waals surface area contributed by atoms with Gasteiger partial charge in [0, 0.05) is 6.54 Å². The summed E-state index contributed by atoms with van der Waals surface area (Å²) >= 11 is 3.11. The van der Waals surface area contributed by atoms with Crippen molar-refractivity contribution in [2.24, 2.45) is 10.7 Å². The molecule has 24 heavy (non-hydrogen) atoms. The van der Waals surface area contributed by atoms with E-state index in [-0.39, 0.29) is 11.7 Å². The van der Waals surface area contributed by atoms with Crippen LogP contribution in [0.25, 0.3) is 0 Å². The van der Waals surface area contributed by atoms with Crippen LogP contribution < -0.4 is 11.1 Å². The van der Waals surface area contributed by atoms with E-state index in [4.69, 9.17) is 10.4 Å². The van der Waals surface area contributed by atoms with Gasteiger partial charge in [-0.3, -0.25) is 0 Å². The van der Waals surface area contributed by atoms with E-state index in [2.05, 4.69) is 36.6 Å². The third-order valence-electron chi connectivity index (χ3n) is 3.19. The lowest BCUT2D eigenvalue weighted by Gasteiger charge is -2.04. The minimum atomic E-state index is -0.374. The summed E-state index contributed by atoms with van der Waals surface area (Å²) < 4.78 is 18.3. The highest BCUT2D eigenvalue weighted by Crippen LogP contribution is 2.23. The zero-order valence-electron chi connectivity index (χ0n) is 12.4. The van der Waals surface area contributed by atoms with Gasteiger partial charge in [0.15, 0.2) is 11.5 Å². The average Bonchev–Trinajstić information content (AvgIpc) is 3.06. The number of nitrogens with zero attached hydrogens (tertiary/aromatic N) is 3. The Bertz CT molecular complexity index is 866. The molecule has 6 nitrogen and oxygen atoms in total. The molecule has 0 fully saturated rings. The normalized spacial score (nSPS) is 11.5. The second kappa shape index (κ2) is 7.22. The first-order valence-electron chi connectivity index (χ1n) is 7.03. The Labute approximate surface area is 145 Å². The summed E-state index contributed by atoms with van der Waals surface area (Å²) in [5.41, 5.74) is 7.82. The molecule has 0 aliphatic carbocycles. The topological polar surface area (TPSA) is 89.3 Å². The van der Waals surface area contributed by atoms with E-state index in [0.29, 0.717) is 28.2 Å². The first kappa shape index (κ1) is 16.1. The maximum absolute atomic E-state index is 13.3. The van der Waals surface area contributed by atoms with E-state index < -0.39 is 0 Å². The van der Waals surface area contributed by atoms with Gasteiger partial charge in [0.25, 0.3) is 0 Å². The molecule has 0 saturated carbocycles. The highest BCUT2D eigenvalue weighted by molar-refractivity contribution is 9.10. The number of nitrogens with one attached hydrogen (secondary N) is 1. The number of aromatic nitrogens is 2. The third-order valence-corrected chi connectivity index (χ3v) is 3.79. The molecule has 0 aliphatic heterocycles. The van der Waals surface area contributed by atoms with Gasteiger partial charge >= 0.3 is 0 Å². The van der Waals surface area contributed by atoms with Crippen molar-refractivity contribution in [2.75, 3.05) is 5.32 Å². The van der Waals surface area contributed by atoms with Gasteiger partial charge < -0.3 is 11.1 Å². The SMILES string of the molecule is NC(=Nc1ccc(F)c(Br)c1)c1nonc1NCc1ccccc1. The zero-order valence-corrected chi connectivity index (χ0v) is 14.0. The molecule has 0 spiro atoms. The van der Waals surface area contributed by atoms with Gasteiger partial charge in [-0.2, -0.15) is 0 Å². The highest BCUT2D eigenvalue weighted by Gasteiger charge is 2.14. The molecule has 2 aromatic carbocycles. The Kier molecular flexibility index (Phi) is 4.85. The monoisotopic (exact) mass is 389 g/mol. The number of hydrogen-bond acceptors (Lipinski definition) is 5. The lowest BCUT2D eigenvalue weighted by atomic mass is 10.2. The molecule has 3 aromatic rings. The third kappa shape index (κ3) is 3.77. The number of nitrogens with two attached hydrogens (primary N) is 1. The zero-order chi connectivity index (χ0) is 16.9. The maximum Gasteiger partial charge on any atom is 0.202 e. The van der Waals surface area contributed by atoms with Crippen LogP contribution in [0.2, 0.25) is 0 Å². The van der Waals surface area contributed by atoms with Crippen molar-refractivity contribution >= 4 is 33.3 Å². The average molecular weight is 390 g/mol. The summed E-state index contributed by atoms with van der Waals surface area (Å²) in [6.45, 7) is 0.539. The van der Waals surface area contributed by atoms with Crippen LogP contribution >= 0.6 is 15.9 Å². The summed E-state index contributed by atoms with van der Waals surface area (Å²) in [4.78, 5) is 4.21. The Morgan fingerprint density at radius 2 is 2.00 bits per heavy atom. The molecule has 8 heteroatoms. The first-order chi connectivity index (χ1) is 11.6. The molecule has 0 radical (unpaired) electrons. The predicted molar refractivity (Wildman–Crippen MR) is 92.6 cm³/mol. The maximum atomic E-state index is 13.3. The smallest absolute Gasteiger partial charge is 0.202 e. The van der Waals surface area contributed by atoms with Crippen LogP contribution in [0.1, 0.15) is 11.3 Å². The van der Waals surface area contributed by atoms with Crippen LogP contribution in [0.3, 0.4) is 0 Å². The molecule has 0 amide bonds. The van der Waals surface area contributed by atoms with Crippen molar-refractivity contribution in [1.29, 1.82) is 0 Å². The molecule has 1 heterocycles.